The molecular weight excluding hydrogens is 281 g/mol. The highest BCUT2D eigenvalue weighted by molar-refractivity contribution is 7.91. The lowest BCUT2D eigenvalue weighted by Gasteiger charge is -2.09. The molecule has 0 aliphatic heterocycles. The first-order chi connectivity index (χ1) is 9.50. The predicted molar refractivity (Wildman–Crippen MR) is 75.0 cm³/mol. The van der Waals surface area contributed by atoms with Crippen molar-refractivity contribution < 1.29 is 17.9 Å². The molecule has 0 aliphatic rings. The first-order valence-electron chi connectivity index (χ1n) is 5.94. The predicted octanol–water partition coefficient (Wildman–Crippen LogP) is 2.26. The summed E-state index contributed by atoms with van der Waals surface area (Å²) in [6, 6.07) is 12.2. The Labute approximate surface area is 116 Å². The number of aliphatic hydroxyl groups excluding tert-OH is 1. The van der Waals surface area contributed by atoms with Crippen LogP contribution in [0.3, 0.4) is 0 Å². The van der Waals surface area contributed by atoms with Crippen LogP contribution in [0, 0.1) is 5.82 Å². The second-order valence-corrected chi connectivity index (χ2v) is 6.04. The van der Waals surface area contributed by atoms with Gasteiger partial charge in [0.25, 0.3) is 0 Å². The van der Waals surface area contributed by atoms with Gasteiger partial charge >= 0.3 is 0 Å². The second kappa shape index (κ2) is 6.02. The number of para-hydroxylation sites is 1. The van der Waals surface area contributed by atoms with Crippen LogP contribution in [0.2, 0.25) is 0 Å². The zero-order valence-corrected chi connectivity index (χ0v) is 11.4. The molecule has 0 saturated heterocycles. The second-order valence-electron chi connectivity index (χ2n) is 4.32. The molecule has 2 aromatic rings. The van der Waals surface area contributed by atoms with Crippen molar-refractivity contribution in [3.63, 3.8) is 0 Å². The fraction of sp³-hybridized carbons (Fsp3) is 0.143. The number of rotatable bonds is 5. The molecule has 0 bridgehead atoms. The Kier molecular flexibility index (Phi) is 4.36. The molecule has 0 unspecified atom stereocenters. The summed E-state index contributed by atoms with van der Waals surface area (Å²) in [5.41, 5.74) is 1.08. The van der Waals surface area contributed by atoms with E-state index in [-0.39, 0.29) is 18.0 Å². The average molecular weight is 295 g/mol. The van der Waals surface area contributed by atoms with Crippen molar-refractivity contribution in [3.05, 3.63) is 65.5 Å². The minimum atomic E-state index is -3.71. The van der Waals surface area contributed by atoms with Crippen LogP contribution in [0.15, 0.2) is 48.5 Å². The normalized spacial score (nSPS) is 11.3. The summed E-state index contributed by atoms with van der Waals surface area (Å²) in [6.45, 7) is -0.158. The maximum Gasteiger partial charge on any atom is 0.237 e. The molecule has 0 radical (unpaired) electrons. The van der Waals surface area contributed by atoms with E-state index < -0.39 is 15.8 Å². The Morgan fingerprint density at radius 2 is 1.75 bits per heavy atom. The van der Waals surface area contributed by atoms with Crippen molar-refractivity contribution in [1.82, 2.24) is 0 Å². The minimum absolute atomic E-state index is 0.0780. The van der Waals surface area contributed by atoms with Crippen molar-refractivity contribution in [2.75, 3.05) is 4.72 Å². The quantitative estimate of drug-likeness (QED) is 0.889. The van der Waals surface area contributed by atoms with Crippen LogP contribution < -0.4 is 4.72 Å². The van der Waals surface area contributed by atoms with Gasteiger partial charge in [-0.1, -0.05) is 36.4 Å². The lowest BCUT2D eigenvalue weighted by molar-refractivity contribution is 0.282. The first-order valence-corrected chi connectivity index (χ1v) is 7.59. The Hall–Kier alpha value is -1.92. The Morgan fingerprint density at radius 3 is 2.45 bits per heavy atom. The Balaban J connectivity index is 2.17. The van der Waals surface area contributed by atoms with Gasteiger partial charge in [-0.3, -0.25) is 4.72 Å². The molecule has 0 aromatic heterocycles. The van der Waals surface area contributed by atoms with E-state index in [1.165, 1.54) is 18.2 Å². The van der Waals surface area contributed by atoms with Crippen molar-refractivity contribution >= 4 is 15.7 Å². The summed E-state index contributed by atoms with van der Waals surface area (Å²) in [5, 5.41) is 9.02. The van der Waals surface area contributed by atoms with Gasteiger partial charge in [0, 0.05) is 0 Å². The summed E-state index contributed by atoms with van der Waals surface area (Å²) < 4.78 is 39.6. The molecular formula is C14H14FNO3S. The fourth-order valence-corrected chi connectivity index (χ4v) is 2.98. The minimum Gasteiger partial charge on any atom is -0.392 e. The monoisotopic (exact) mass is 295 g/mol. The van der Waals surface area contributed by atoms with Crippen molar-refractivity contribution in [2.24, 2.45) is 0 Å². The SMILES string of the molecule is O=S(=O)(Cc1cccc(CO)c1)Nc1ccccc1F. The number of halogens is 1. The van der Waals surface area contributed by atoms with E-state index in [2.05, 4.69) is 4.72 Å². The summed E-state index contributed by atoms with van der Waals surface area (Å²) in [6.07, 6.45) is 0. The molecule has 0 aliphatic carbocycles. The molecule has 2 aromatic carbocycles. The summed E-state index contributed by atoms with van der Waals surface area (Å²) in [5.74, 6) is -0.907. The van der Waals surface area contributed by atoms with E-state index >= 15 is 0 Å². The highest BCUT2D eigenvalue weighted by atomic mass is 32.2. The van der Waals surface area contributed by atoms with Gasteiger partial charge in [0.15, 0.2) is 0 Å². The molecule has 0 saturated carbocycles. The van der Waals surface area contributed by atoms with Gasteiger partial charge in [0.1, 0.15) is 5.82 Å². The lowest BCUT2D eigenvalue weighted by atomic mass is 10.1. The van der Waals surface area contributed by atoms with Gasteiger partial charge in [-0.25, -0.2) is 12.8 Å². The van der Waals surface area contributed by atoms with Crippen LogP contribution in [0.5, 0.6) is 0 Å². The van der Waals surface area contributed by atoms with Crippen molar-refractivity contribution in [2.45, 2.75) is 12.4 Å². The topological polar surface area (TPSA) is 66.4 Å². The smallest absolute Gasteiger partial charge is 0.237 e. The largest absolute Gasteiger partial charge is 0.392 e. The maximum absolute atomic E-state index is 13.4. The van der Waals surface area contributed by atoms with E-state index in [4.69, 9.17) is 5.11 Å². The van der Waals surface area contributed by atoms with Crippen LogP contribution in [-0.4, -0.2) is 13.5 Å². The molecule has 4 nitrogen and oxygen atoms in total. The van der Waals surface area contributed by atoms with Crippen LogP contribution >= 0.6 is 0 Å². The van der Waals surface area contributed by atoms with Crippen LogP contribution in [0.25, 0.3) is 0 Å². The number of aliphatic hydroxyl groups is 1. The molecule has 0 spiro atoms. The standard InChI is InChI=1S/C14H14FNO3S/c15-13-6-1-2-7-14(13)16-20(18,19)10-12-5-3-4-11(8-12)9-17/h1-8,16-17H,9-10H2. The summed E-state index contributed by atoms with van der Waals surface area (Å²) in [4.78, 5) is 0. The number of anilines is 1. The average Bonchev–Trinajstić information content (AvgIpc) is 2.41. The molecule has 0 heterocycles. The molecule has 0 fully saturated rings. The summed E-state index contributed by atoms with van der Waals surface area (Å²) >= 11 is 0. The van der Waals surface area contributed by atoms with Crippen molar-refractivity contribution in [3.8, 4) is 0 Å². The lowest BCUT2D eigenvalue weighted by Crippen LogP contribution is -2.16. The van der Waals surface area contributed by atoms with E-state index in [1.54, 1.807) is 30.3 Å². The molecule has 2 N–H and O–H groups in total. The van der Waals surface area contributed by atoms with Gasteiger partial charge in [0.05, 0.1) is 18.0 Å². The highest BCUT2D eigenvalue weighted by Crippen LogP contribution is 2.16. The maximum atomic E-state index is 13.4. The van der Waals surface area contributed by atoms with Gasteiger partial charge in [-0.2, -0.15) is 0 Å². The van der Waals surface area contributed by atoms with Gasteiger partial charge < -0.3 is 5.11 Å². The number of hydrogen-bond donors (Lipinski definition) is 2. The van der Waals surface area contributed by atoms with E-state index in [0.717, 1.165) is 0 Å². The molecule has 20 heavy (non-hydrogen) atoms. The van der Waals surface area contributed by atoms with Crippen LogP contribution in [0.4, 0.5) is 10.1 Å². The van der Waals surface area contributed by atoms with E-state index in [0.29, 0.717) is 11.1 Å². The molecule has 106 valence electrons. The van der Waals surface area contributed by atoms with E-state index in [1.807, 2.05) is 0 Å². The Morgan fingerprint density at radius 1 is 1.05 bits per heavy atom. The first kappa shape index (κ1) is 14.5. The van der Waals surface area contributed by atoms with Gasteiger partial charge in [-0.15, -0.1) is 0 Å². The number of hydrogen-bond acceptors (Lipinski definition) is 3. The molecule has 0 atom stereocenters. The zero-order valence-electron chi connectivity index (χ0n) is 10.6. The highest BCUT2D eigenvalue weighted by Gasteiger charge is 2.14. The Bertz CT molecular complexity index is 701. The van der Waals surface area contributed by atoms with Crippen LogP contribution in [0.1, 0.15) is 11.1 Å². The molecule has 2 rings (SSSR count). The fourth-order valence-electron chi connectivity index (χ4n) is 1.78. The third-order valence-corrected chi connectivity index (χ3v) is 3.91. The van der Waals surface area contributed by atoms with Crippen molar-refractivity contribution in [1.29, 1.82) is 0 Å². The third kappa shape index (κ3) is 3.79. The van der Waals surface area contributed by atoms with Gasteiger partial charge in [-0.05, 0) is 23.3 Å². The summed E-state index contributed by atoms with van der Waals surface area (Å²) in [7, 11) is -3.71. The molecule has 0 amide bonds. The van der Waals surface area contributed by atoms with Crippen LogP contribution in [-0.2, 0) is 22.4 Å². The number of nitrogens with one attached hydrogen (secondary N) is 1. The number of benzene rings is 2. The number of sulfonamides is 1. The van der Waals surface area contributed by atoms with E-state index in [9.17, 15) is 12.8 Å². The molecule has 6 heteroatoms. The zero-order chi connectivity index (χ0) is 14.6. The third-order valence-electron chi connectivity index (χ3n) is 2.67. The van der Waals surface area contributed by atoms with Gasteiger partial charge in [0.2, 0.25) is 10.0 Å².